The minimum absolute atomic E-state index is 0.0467. The summed E-state index contributed by atoms with van der Waals surface area (Å²) in [6.07, 6.45) is 1.40. The van der Waals surface area contributed by atoms with Crippen LogP contribution < -0.4 is 10.6 Å². The van der Waals surface area contributed by atoms with Gasteiger partial charge in [0.1, 0.15) is 18.4 Å². The van der Waals surface area contributed by atoms with Crippen LogP contribution in [-0.4, -0.2) is 42.5 Å². The second kappa shape index (κ2) is 8.42. The number of carbonyl (C=O) groups excluding carboxylic acids is 2. The Hall–Kier alpha value is -2.25. The molecule has 0 saturated carbocycles. The number of amides is 2. The van der Waals surface area contributed by atoms with Crippen molar-refractivity contribution >= 4 is 34.5 Å². The Labute approximate surface area is 157 Å². The minimum Gasteiger partial charge on any atom is -0.444 e. The van der Waals surface area contributed by atoms with Crippen molar-refractivity contribution in [2.24, 2.45) is 0 Å². The molecule has 1 aromatic carbocycles. The summed E-state index contributed by atoms with van der Waals surface area (Å²) in [6, 6.07) is 4.71. The number of methoxy groups -OCH3 is 1. The number of nitrogens with one attached hydrogen (secondary N) is 3. The highest BCUT2D eigenvalue weighted by atomic mass is 35.5. The zero-order chi connectivity index (χ0) is 19.3. The van der Waals surface area contributed by atoms with Crippen LogP contribution in [-0.2, 0) is 20.7 Å². The van der Waals surface area contributed by atoms with Gasteiger partial charge in [-0.3, -0.25) is 4.79 Å². The van der Waals surface area contributed by atoms with Crippen molar-refractivity contribution in [3.05, 3.63) is 35.0 Å². The van der Waals surface area contributed by atoms with Crippen molar-refractivity contribution < 1.29 is 19.1 Å². The number of benzene rings is 1. The van der Waals surface area contributed by atoms with Gasteiger partial charge in [-0.25, -0.2) is 4.79 Å². The molecule has 2 rings (SSSR count). The number of para-hydroxylation sites is 1. The highest BCUT2D eigenvalue weighted by Gasteiger charge is 2.25. The smallest absolute Gasteiger partial charge is 0.408 e. The summed E-state index contributed by atoms with van der Waals surface area (Å²) < 4.78 is 10.1. The fraction of sp³-hybridized carbons (Fsp3) is 0.444. The largest absolute Gasteiger partial charge is 0.444 e. The quantitative estimate of drug-likeness (QED) is 0.671. The van der Waals surface area contributed by atoms with Crippen molar-refractivity contribution in [2.45, 2.75) is 38.8 Å². The first-order valence-electron chi connectivity index (χ1n) is 8.22. The van der Waals surface area contributed by atoms with Crippen molar-refractivity contribution in [1.29, 1.82) is 0 Å². The van der Waals surface area contributed by atoms with Crippen LogP contribution in [0.4, 0.5) is 4.79 Å². The van der Waals surface area contributed by atoms with E-state index >= 15 is 0 Å². The Kier molecular flexibility index (Phi) is 6.50. The molecule has 0 unspecified atom stereocenters. The van der Waals surface area contributed by atoms with Gasteiger partial charge in [-0.05, 0) is 32.4 Å². The molecule has 1 aromatic heterocycles. The van der Waals surface area contributed by atoms with E-state index in [-0.39, 0.29) is 19.1 Å². The average Bonchev–Trinajstić information content (AvgIpc) is 2.94. The fourth-order valence-corrected chi connectivity index (χ4v) is 2.72. The van der Waals surface area contributed by atoms with Crippen LogP contribution in [0.15, 0.2) is 24.4 Å². The lowest BCUT2D eigenvalue weighted by atomic mass is 10.0. The number of alkyl carbamates (subject to hydrolysis) is 1. The highest BCUT2D eigenvalue weighted by molar-refractivity contribution is 6.35. The van der Waals surface area contributed by atoms with Crippen LogP contribution in [0.5, 0.6) is 0 Å². The van der Waals surface area contributed by atoms with Crippen LogP contribution in [0.3, 0.4) is 0 Å². The summed E-state index contributed by atoms with van der Waals surface area (Å²) in [7, 11) is 1.47. The molecular formula is C18H24ClN3O4. The van der Waals surface area contributed by atoms with Gasteiger partial charge in [0.2, 0.25) is 5.91 Å². The molecule has 0 aliphatic carbocycles. The third kappa shape index (κ3) is 5.37. The van der Waals surface area contributed by atoms with Crippen molar-refractivity contribution in [3.8, 4) is 0 Å². The van der Waals surface area contributed by atoms with E-state index in [4.69, 9.17) is 21.1 Å². The topological polar surface area (TPSA) is 92.5 Å². The number of ether oxygens (including phenoxy) is 2. The molecule has 2 aromatic rings. The van der Waals surface area contributed by atoms with E-state index in [0.717, 1.165) is 16.5 Å². The SMILES string of the molecule is COCNC(=O)[C@H](Cc1c[nH]c2c(Cl)cccc12)NC(=O)OC(C)(C)C. The lowest BCUT2D eigenvalue weighted by Gasteiger charge is -2.23. The second-order valence-corrected chi connectivity index (χ2v) is 7.26. The number of aromatic amines is 1. The van der Waals surface area contributed by atoms with Crippen molar-refractivity contribution in [2.75, 3.05) is 13.8 Å². The molecular weight excluding hydrogens is 358 g/mol. The molecule has 0 aliphatic heterocycles. The van der Waals surface area contributed by atoms with E-state index in [2.05, 4.69) is 15.6 Å². The fourth-order valence-electron chi connectivity index (χ4n) is 2.49. The van der Waals surface area contributed by atoms with Crippen molar-refractivity contribution in [3.63, 3.8) is 0 Å². The molecule has 0 radical (unpaired) electrons. The van der Waals surface area contributed by atoms with Gasteiger partial charge in [0, 0.05) is 25.1 Å². The number of rotatable bonds is 6. The third-order valence-electron chi connectivity index (χ3n) is 3.57. The third-order valence-corrected chi connectivity index (χ3v) is 3.89. The van der Waals surface area contributed by atoms with Crippen LogP contribution in [0.2, 0.25) is 5.02 Å². The molecule has 26 heavy (non-hydrogen) atoms. The van der Waals surface area contributed by atoms with Gasteiger partial charge < -0.3 is 25.1 Å². The average molecular weight is 382 g/mol. The van der Waals surface area contributed by atoms with E-state index in [1.165, 1.54) is 7.11 Å². The van der Waals surface area contributed by atoms with Gasteiger partial charge in [0.15, 0.2) is 0 Å². The molecule has 142 valence electrons. The van der Waals surface area contributed by atoms with Crippen LogP contribution in [0.25, 0.3) is 10.9 Å². The molecule has 3 N–H and O–H groups in total. The molecule has 7 nitrogen and oxygen atoms in total. The maximum atomic E-state index is 12.4. The molecule has 0 saturated heterocycles. The van der Waals surface area contributed by atoms with Gasteiger partial charge in [-0.2, -0.15) is 0 Å². The maximum Gasteiger partial charge on any atom is 0.408 e. The summed E-state index contributed by atoms with van der Waals surface area (Å²) >= 11 is 6.18. The monoisotopic (exact) mass is 381 g/mol. The predicted octanol–water partition coefficient (Wildman–Crippen LogP) is 2.98. The first-order valence-corrected chi connectivity index (χ1v) is 8.59. The number of halogens is 1. The summed E-state index contributed by atoms with van der Waals surface area (Å²) in [6.45, 7) is 5.32. The molecule has 1 heterocycles. The zero-order valence-corrected chi connectivity index (χ0v) is 16.1. The molecule has 0 bridgehead atoms. The van der Waals surface area contributed by atoms with E-state index < -0.39 is 17.7 Å². The summed E-state index contributed by atoms with van der Waals surface area (Å²) in [5.74, 6) is -0.367. The highest BCUT2D eigenvalue weighted by Crippen LogP contribution is 2.26. The summed E-state index contributed by atoms with van der Waals surface area (Å²) in [5.41, 5.74) is 0.986. The molecule has 8 heteroatoms. The lowest BCUT2D eigenvalue weighted by Crippen LogP contribution is -2.49. The molecule has 2 amide bonds. The standard InChI is InChI=1S/C18H24ClN3O4/c1-18(2,3)26-17(24)22-14(16(23)21-10-25-4)8-11-9-20-15-12(11)6-5-7-13(15)19/h5-7,9,14,20H,8,10H2,1-4H3,(H,21,23)(H,22,24)/t14-/m0/s1. The van der Waals surface area contributed by atoms with Crippen LogP contribution >= 0.6 is 11.6 Å². The number of hydrogen-bond acceptors (Lipinski definition) is 4. The van der Waals surface area contributed by atoms with Gasteiger partial charge in [0.25, 0.3) is 0 Å². The summed E-state index contributed by atoms with van der Waals surface area (Å²) in [4.78, 5) is 27.7. The van der Waals surface area contributed by atoms with Gasteiger partial charge >= 0.3 is 6.09 Å². The van der Waals surface area contributed by atoms with Gasteiger partial charge in [-0.15, -0.1) is 0 Å². The number of aromatic nitrogens is 1. The lowest BCUT2D eigenvalue weighted by molar-refractivity contribution is -0.124. The van der Waals surface area contributed by atoms with Gasteiger partial charge in [-0.1, -0.05) is 23.7 Å². The zero-order valence-electron chi connectivity index (χ0n) is 15.3. The van der Waals surface area contributed by atoms with Crippen molar-refractivity contribution in [1.82, 2.24) is 15.6 Å². The molecule has 1 atom stereocenters. The normalized spacial score (nSPS) is 12.7. The second-order valence-electron chi connectivity index (χ2n) is 6.85. The van der Waals surface area contributed by atoms with E-state index in [0.29, 0.717) is 5.02 Å². The maximum absolute atomic E-state index is 12.4. The van der Waals surface area contributed by atoms with Gasteiger partial charge in [0.05, 0.1) is 10.5 Å². The summed E-state index contributed by atoms with van der Waals surface area (Å²) in [5, 5.41) is 6.72. The Morgan fingerprint density at radius 3 is 2.69 bits per heavy atom. The van der Waals surface area contributed by atoms with Crippen LogP contribution in [0.1, 0.15) is 26.3 Å². The van der Waals surface area contributed by atoms with E-state index in [1.807, 2.05) is 12.1 Å². The molecule has 0 spiro atoms. The number of fused-ring (bicyclic) bond motifs is 1. The van der Waals surface area contributed by atoms with E-state index in [9.17, 15) is 9.59 Å². The Balaban J connectivity index is 2.21. The first kappa shape index (κ1) is 20.1. The Bertz CT molecular complexity index is 782. The molecule has 0 fully saturated rings. The molecule has 0 aliphatic rings. The Morgan fingerprint density at radius 1 is 1.31 bits per heavy atom. The number of carbonyl (C=O) groups is 2. The predicted molar refractivity (Wildman–Crippen MR) is 100 cm³/mol. The Morgan fingerprint density at radius 2 is 2.04 bits per heavy atom. The number of hydrogen-bond donors (Lipinski definition) is 3. The first-order chi connectivity index (χ1) is 12.2. The number of H-pyrrole nitrogens is 1. The minimum atomic E-state index is -0.821. The van der Waals surface area contributed by atoms with E-state index in [1.54, 1.807) is 33.0 Å². The van der Waals surface area contributed by atoms with Crippen LogP contribution in [0, 0.1) is 0 Å².